The van der Waals surface area contributed by atoms with Crippen molar-refractivity contribution in [1.29, 1.82) is 0 Å². The van der Waals surface area contributed by atoms with Crippen LogP contribution in [-0.2, 0) is 0 Å². The maximum atomic E-state index is 12.6. The Morgan fingerprint density at radius 1 is 1.50 bits per heavy atom. The van der Waals surface area contributed by atoms with Crippen molar-refractivity contribution in [3.05, 3.63) is 27.7 Å². The molecular weight excluding hydrogens is 256 g/mol. The molecule has 0 radical (unpaired) electrons. The number of nitrogens with two attached hydrogens (primary N) is 1. The Bertz CT molecular complexity index is 379. The van der Waals surface area contributed by atoms with Crippen molar-refractivity contribution in [3.8, 4) is 0 Å². The number of alkyl halides is 2. The van der Waals surface area contributed by atoms with Gasteiger partial charge in [-0.25, -0.2) is 8.78 Å². The minimum absolute atomic E-state index is 0.0417. The summed E-state index contributed by atoms with van der Waals surface area (Å²) < 4.78 is 25.5. The number of benzene rings is 1. The Labute approximate surface area is 88.2 Å². The van der Waals surface area contributed by atoms with Gasteiger partial charge in [-0.05, 0) is 19.1 Å². The summed E-state index contributed by atoms with van der Waals surface area (Å²) in [6.07, 6.45) is -2.74. The largest absolute Gasteiger partial charge is 0.398 e. The first-order chi connectivity index (χ1) is 6.45. The van der Waals surface area contributed by atoms with Crippen LogP contribution in [0.1, 0.15) is 29.3 Å². The SMILES string of the molecule is CC(=O)c1c(Br)ccc(N)c1C(F)F. The molecule has 2 N–H and O–H groups in total. The van der Waals surface area contributed by atoms with E-state index in [9.17, 15) is 13.6 Å². The number of halogens is 3. The van der Waals surface area contributed by atoms with Gasteiger partial charge in [-0.2, -0.15) is 0 Å². The van der Waals surface area contributed by atoms with E-state index in [0.29, 0.717) is 4.47 Å². The van der Waals surface area contributed by atoms with E-state index in [1.54, 1.807) is 0 Å². The molecule has 0 aliphatic heterocycles. The summed E-state index contributed by atoms with van der Waals surface area (Å²) in [7, 11) is 0. The van der Waals surface area contributed by atoms with Crippen LogP contribution in [0.15, 0.2) is 16.6 Å². The fourth-order valence-corrected chi connectivity index (χ4v) is 1.83. The zero-order chi connectivity index (χ0) is 10.9. The van der Waals surface area contributed by atoms with E-state index in [1.807, 2.05) is 0 Å². The average Bonchev–Trinajstić information content (AvgIpc) is 2.07. The van der Waals surface area contributed by atoms with Crippen LogP contribution in [0.25, 0.3) is 0 Å². The molecule has 0 saturated heterocycles. The quantitative estimate of drug-likeness (QED) is 0.658. The summed E-state index contributed by atoms with van der Waals surface area (Å²) in [5, 5.41) is 0. The maximum absolute atomic E-state index is 12.6. The summed E-state index contributed by atoms with van der Waals surface area (Å²) >= 11 is 3.04. The van der Waals surface area contributed by atoms with E-state index in [0.717, 1.165) is 0 Å². The zero-order valence-electron chi connectivity index (χ0n) is 7.35. The first-order valence-electron chi connectivity index (χ1n) is 3.82. The van der Waals surface area contributed by atoms with E-state index >= 15 is 0 Å². The molecule has 1 aromatic carbocycles. The molecule has 14 heavy (non-hydrogen) atoms. The van der Waals surface area contributed by atoms with E-state index in [1.165, 1.54) is 19.1 Å². The highest BCUT2D eigenvalue weighted by Gasteiger charge is 2.21. The standard InChI is InChI=1S/C9H8BrF2NO/c1-4(14)7-5(10)2-3-6(13)8(7)9(11)12/h2-3,9H,13H2,1H3. The zero-order valence-corrected chi connectivity index (χ0v) is 8.94. The predicted molar refractivity (Wildman–Crippen MR) is 53.5 cm³/mol. The number of carbonyl (C=O) groups is 1. The molecule has 0 amide bonds. The van der Waals surface area contributed by atoms with Gasteiger partial charge in [0.05, 0.1) is 5.56 Å². The lowest BCUT2D eigenvalue weighted by Gasteiger charge is -2.10. The normalized spacial score (nSPS) is 10.6. The molecule has 2 nitrogen and oxygen atoms in total. The van der Waals surface area contributed by atoms with Crippen LogP contribution in [0.3, 0.4) is 0 Å². The van der Waals surface area contributed by atoms with Crippen molar-refractivity contribution in [1.82, 2.24) is 0 Å². The molecule has 1 rings (SSSR count). The lowest BCUT2D eigenvalue weighted by molar-refractivity contribution is 0.0998. The lowest BCUT2D eigenvalue weighted by atomic mass is 10.0. The molecule has 0 unspecified atom stereocenters. The summed E-state index contributed by atoms with van der Waals surface area (Å²) in [6.45, 7) is 1.23. The van der Waals surface area contributed by atoms with Crippen LogP contribution in [0, 0.1) is 0 Å². The first kappa shape index (κ1) is 11.1. The van der Waals surface area contributed by atoms with Crippen LogP contribution in [0.2, 0.25) is 0 Å². The molecule has 76 valence electrons. The number of rotatable bonds is 2. The van der Waals surface area contributed by atoms with Gasteiger partial charge in [0, 0.05) is 15.7 Å². The lowest BCUT2D eigenvalue weighted by Crippen LogP contribution is -2.05. The topological polar surface area (TPSA) is 43.1 Å². The molecule has 0 heterocycles. The van der Waals surface area contributed by atoms with Gasteiger partial charge in [-0.3, -0.25) is 4.79 Å². The minimum Gasteiger partial charge on any atom is -0.398 e. The molecular formula is C9H8BrF2NO. The number of nitrogen functional groups attached to an aromatic ring is 1. The molecule has 1 aromatic rings. The Balaban J connectivity index is 3.50. The number of hydrogen-bond acceptors (Lipinski definition) is 2. The summed E-state index contributed by atoms with van der Waals surface area (Å²) in [5.41, 5.74) is 4.88. The van der Waals surface area contributed by atoms with Gasteiger partial charge in [0.1, 0.15) is 0 Å². The minimum atomic E-state index is -2.74. The second kappa shape index (κ2) is 4.04. The van der Waals surface area contributed by atoms with Crippen molar-refractivity contribution >= 4 is 27.4 Å². The van der Waals surface area contributed by atoms with Gasteiger partial charge < -0.3 is 5.73 Å². The Morgan fingerprint density at radius 2 is 2.07 bits per heavy atom. The molecule has 5 heteroatoms. The molecule has 0 aliphatic rings. The van der Waals surface area contributed by atoms with Gasteiger partial charge in [-0.15, -0.1) is 0 Å². The fraction of sp³-hybridized carbons (Fsp3) is 0.222. The number of anilines is 1. The number of Topliss-reactive ketones (excluding diaryl/α,β-unsaturated/α-hetero) is 1. The van der Waals surface area contributed by atoms with Crippen LogP contribution in [0.4, 0.5) is 14.5 Å². The van der Waals surface area contributed by atoms with Gasteiger partial charge in [-0.1, -0.05) is 15.9 Å². The molecule has 0 fully saturated rings. The van der Waals surface area contributed by atoms with E-state index in [4.69, 9.17) is 5.73 Å². The van der Waals surface area contributed by atoms with Crippen molar-refractivity contribution in [3.63, 3.8) is 0 Å². The van der Waals surface area contributed by atoms with E-state index in [-0.39, 0.29) is 11.3 Å². The summed E-state index contributed by atoms with van der Waals surface area (Å²) in [6, 6.07) is 2.83. The number of ketones is 1. The van der Waals surface area contributed by atoms with Gasteiger partial charge in [0.25, 0.3) is 6.43 Å². The number of hydrogen-bond donors (Lipinski definition) is 1. The Morgan fingerprint density at radius 3 is 2.43 bits per heavy atom. The van der Waals surface area contributed by atoms with Gasteiger partial charge >= 0.3 is 0 Å². The van der Waals surface area contributed by atoms with Crippen LogP contribution < -0.4 is 5.73 Å². The first-order valence-corrected chi connectivity index (χ1v) is 4.61. The van der Waals surface area contributed by atoms with Crippen LogP contribution in [-0.4, -0.2) is 5.78 Å². The van der Waals surface area contributed by atoms with E-state index < -0.39 is 17.8 Å². The van der Waals surface area contributed by atoms with Crippen molar-refractivity contribution in [2.75, 3.05) is 5.73 Å². The van der Waals surface area contributed by atoms with Crippen LogP contribution in [0.5, 0.6) is 0 Å². The van der Waals surface area contributed by atoms with E-state index in [2.05, 4.69) is 15.9 Å². The summed E-state index contributed by atoms with van der Waals surface area (Å²) in [4.78, 5) is 11.1. The molecule has 0 aromatic heterocycles. The highest BCUT2D eigenvalue weighted by molar-refractivity contribution is 9.10. The third-order valence-electron chi connectivity index (χ3n) is 1.80. The fourth-order valence-electron chi connectivity index (χ4n) is 1.20. The molecule has 0 saturated carbocycles. The highest BCUT2D eigenvalue weighted by Crippen LogP contribution is 2.33. The average molecular weight is 264 g/mol. The van der Waals surface area contributed by atoms with Crippen LogP contribution >= 0.6 is 15.9 Å². The number of carbonyl (C=O) groups excluding carboxylic acids is 1. The highest BCUT2D eigenvalue weighted by atomic mass is 79.9. The summed E-state index contributed by atoms with van der Waals surface area (Å²) in [5.74, 6) is -0.431. The van der Waals surface area contributed by atoms with Crippen molar-refractivity contribution < 1.29 is 13.6 Å². The predicted octanol–water partition coefficient (Wildman–Crippen LogP) is 3.17. The third-order valence-corrected chi connectivity index (χ3v) is 2.46. The smallest absolute Gasteiger partial charge is 0.266 e. The van der Waals surface area contributed by atoms with Crippen molar-refractivity contribution in [2.45, 2.75) is 13.3 Å². The third kappa shape index (κ3) is 1.92. The molecule has 0 atom stereocenters. The second-order valence-electron chi connectivity index (χ2n) is 2.78. The maximum Gasteiger partial charge on any atom is 0.266 e. The Kier molecular flexibility index (Phi) is 3.21. The Hall–Kier alpha value is -0.970. The second-order valence-corrected chi connectivity index (χ2v) is 3.64. The molecule has 0 aliphatic carbocycles. The molecule has 0 spiro atoms. The molecule has 0 bridgehead atoms. The van der Waals surface area contributed by atoms with Gasteiger partial charge in [0.15, 0.2) is 5.78 Å². The van der Waals surface area contributed by atoms with Gasteiger partial charge in [0.2, 0.25) is 0 Å². The monoisotopic (exact) mass is 263 g/mol. The van der Waals surface area contributed by atoms with Crippen molar-refractivity contribution in [2.24, 2.45) is 0 Å².